The molecule has 27 heavy (non-hydrogen) atoms. The lowest BCUT2D eigenvalue weighted by atomic mass is 10.1. The van der Waals surface area contributed by atoms with Crippen molar-refractivity contribution in [1.82, 2.24) is 5.32 Å². The van der Waals surface area contributed by atoms with E-state index in [-0.39, 0.29) is 12.5 Å². The largest absolute Gasteiger partial charge is 0.445 e. The standard InChI is InChI=1S/C20H24BrN3O3/c1-2-3-9-17(19(25)23-18-12-15(21)10-11-16(18)22)24-20(26)27-13-14-7-5-4-6-8-14/h4-8,10-12,17H,2-3,9,13,22H2,1H3,(H,23,25)(H,24,26)/t17-/m0/s1. The number of anilines is 2. The van der Waals surface area contributed by atoms with Crippen molar-refractivity contribution < 1.29 is 14.3 Å². The van der Waals surface area contributed by atoms with Crippen molar-refractivity contribution in [2.75, 3.05) is 11.1 Å². The third-order valence-corrected chi connectivity index (χ3v) is 4.43. The third-order valence-electron chi connectivity index (χ3n) is 3.94. The summed E-state index contributed by atoms with van der Waals surface area (Å²) < 4.78 is 6.02. The van der Waals surface area contributed by atoms with Crippen LogP contribution >= 0.6 is 15.9 Å². The number of amides is 2. The van der Waals surface area contributed by atoms with Crippen LogP contribution in [0.25, 0.3) is 0 Å². The van der Waals surface area contributed by atoms with Gasteiger partial charge in [0, 0.05) is 4.47 Å². The number of ether oxygens (including phenoxy) is 1. The average Bonchev–Trinajstić information content (AvgIpc) is 2.67. The van der Waals surface area contributed by atoms with Gasteiger partial charge in [-0.05, 0) is 30.2 Å². The van der Waals surface area contributed by atoms with Crippen molar-refractivity contribution in [2.24, 2.45) is 0 Å². The van der Waals surface area contributed by atoms with E-state index in [2.05, 4.69) is 26.6 Å². The molecule has 0 aliphatic rings. The number of hydrogen-bond acceptors (Lipinski definition) is 4. The Balaban J connectivity index is 1.97. The van der Waals surface area contributed by atoms with Gasteiger partial charge in [-0.25, -0.2) is 4.79 Å². The maximum atomic E-state index is 12.6. The topological polar surface area (TPSA) is 93.4 Å². The molecule has 2 rings (SSSR count). The molecule has 0 unspecified atom stereocenters. The van der Waals surface area contributed by atoms with Crippen LogP contribution < -0.4 is 16.4 Å². The quantitative estimate of drug-likeness (QED) is 0.535. The third kappa shape index (κ3) is 6.94. The molecule has 0 saturated heterocycles. The van der Waals surface area contributed by atoms with Crippen molar-refractivity contribution in [3.05, 3.63) is 58.6 Å². The van der Waals surface area contributed by atoms with E-state index in [0.29, 0.717) is 17.8 Å². The molecule has 7 heteroatoms. The van der Waals surface area contributed by atoms with Gasteiger partial charge in [0.25, 0.3) is 0 Å². The molecule has 0 radical (unpaired) electrons. The fourth-order valence-electron chi connectivity index (χ4n) is 2.44. The number of carbonyl (C=O) groups excluding carboxylic acids is 2. The average molecular weight is 434 g/mol. The van der Waals surface area contributed by atoms with E-state index >= 15 is 0 Å². The first-order valence-electron chi connectivity index (χ1n) is 8.82. The highest BCUT2D eigenvalue weighted by Crippen LogP contribution is 2.23. The molecule has 2 aromatic carbocycles. The Hall–Kier alpha value is -2.54. The van der Waals surface area contributed by atoms with Crippen LogP contribution in [0.2, 0.25) is 0 Å². The van der Waals surface area contributed by atoms with Crippen LogP contribution in [0.15, 0.2) is 53.0 Å². The first-order chi connectivity index (χ1) is 13.0. The summed E-state index contributed by atoms with van der Waals surface area (Å²) in [5.74, 6) is -0.329. The van der Waals surface area contributed by atoms with E-state index in [4.69, 9.17) is 10.5 Å². The molecule has 1 atom stereocenters. The molecular formula is C20H24BrN3O3. The summed E-state index contributed by atoms with van der Waals surface area (Å²) in [5, 5.41) is 5.43. The smallest absolute Gasteiger partial charge is 0.408 e. The van der Waals surface area contributed by atoms with Gasteiger partial charge in [0.15, 0.2) is 0 Å². The first-order valence-corrected chi connectivity index (χ1v) is 9.62. The molecule has 4 N–H and O–H groups in total. The van der Waals surface area contributed by atoms with Gasteiger partial charge >= 0.3 is 6.09 Å². The highest BCUT2D eigenvalue weighted by molar-refractivity contribution is 9.10. The molecule has 0 fully saturated rings. The van der Waals surface area contributed by atoms with E-state index in [1.165, 1.54) is 0 Å². The summed E-state index contributed by atoms with van der Waals surface area (Å²) in [5.41, 5.74) is 7.73. The Bertz CT molecular complexity index is 768. The van der Waals surface area contributed by atoms with Gasteiger partial charge in [0.1, 0.15) is 12.6 Å². The van der Waals surface area contributed by atoms with E-state index in [1.54, 1.807) is 18.2 Å². The summed E-state index contributed by atoms with van der Waals surface area (Å²) in [6, 6.07) is 13.9. The van der Waals surface area contributed by atoms with Crippen LogP contribution in [0.4, 0.5) is 16.2 Å². The van der Waals surface area contributed by atoms with Crippen molar-refractivity contribution in [2.45, 2.75) is 38.8 Å². The summed E-state index contributed by atoms with van der Waals surface area (Å²) in [6.07, 6.45) is 1.59. The van der Waals surface area contributed by atoms with Crippen LogP contribution in [-0.4, -0.2) is 18.0 Å². The summed E-state index contributed by atoms with van der Waals surface area (Å²) in [4.78, 5) is 24.8. The molecule has 144 valence electrons. The Morgan fingerprint density at radius 1 is 1.19 bits per heavy atom. The number of halogens is 1. The predicted octanol–water partition coefficient (Wildman–Crippen LogP) is 4.46. The SMILES string of the molecule is CCCC[C@H](NC(=O)OCc1ccccc1)C(=O)Nc1cc(Br)ccc1N. The van der Waals surface area contributed by atoms with Gasteiger partial charge in [-0.3, -0.25) is 4.79 Å². The Kier molecular flexibility index (Phi) is 8.13. The molecule has 6 nitrogen and oxygen atoms in total. The number of nitrogen functional groups attached to an aromatic ring is 1. The summed E-state index contributed by atoms with van der Waals surface area (Å²) in [7, 11) is 0. The number of nitrogens with two attached hydrogens (primary N) is 1. The second-order valence-electron chi connectivity index (χ2n) is 6.12. The number of benzene rings is 2. The number of nitrogens with one attached hydrogen (secondary N) is 2. The van der Waals surface area contributed by atoms with E-state index < -0.39 is 12.1 Å². The normalized spacial score (nSPS) is 11.5. The zero-order valence-corrected chi connectivity index (χ0v) is 16.8. The second-order valence-corrected chi connectivity index (χ2v) is 7.04. The highest BCUT2D eigenvalue weighted by atomic mass is 79.9. The second kappa shape index (κ2) is 10.6. The molecule has 0 aromatic heterocycles. The van der Waals surface area contributed by atoms with E-state index in [0.717, 1.165) is 22.9 Å². The van der Waals surface area contributed by atoms with Crippen LogP contribution in [0.3, 0.4) is 0 Å². The highest BCUT2D eigenvalue weighted by Gasteiger charge is 2.22. The monoisotopic (exact) mass is 433 g/mol. The van der Waals surface area contributed by atoms with Crippen LogP contribution in [0.1, 0.15) is 31.7 Å². The van der Waals surface area contributed by atoms with E-state index in [1.807, 2.05) is 37.3 Å². The van der Waals surface area contributed by atoms with Gasteiger partial charge in [0.05, 0.1) is 11.4 Å². The molecule has 0 aliphatic heterocycles. The predicted molar refractivity (Wildman–Crippen MR) is 110 cm³/mol. The lowest BCUT2D eigenvalue weighted by Crippen LogP contribution is -2.44. The molecule has 2 aromatic rings. The Labute approximate surface area is 167 Å². The van der Waals surface area contributed by atoms with Crippen LogP contribution in [0, 0.1) is 0 Å². The van der Waals surface area contributed by atoms with Gasteiger partial charge in [0.2, 0.25) is 5.91 Å². The van der Waals surface area contributed by atoms with E-state index in [9.17, 15) is 9.59 Å². The zero-order chi connectivity index (χ0) is 19.6. The van der Waals surface area contributed by atoms with Crippen LogP contribution in [0.5, 0.6) is 0 Å². The Morgan fingerprint density at radius 3 is 2.63 bits per heavy atom. The van der Waals surface area contributed by atoms with Gasteiger partial charge in [-0.15, -0.1) is 0 Å². The Morgan fingerprint density at radius 2 is 1.93 bits per heavy atom. The lowest BCUT2D eigenvalue weighted by molar-refractivity contribution is -0.118. The maximum Gasteiger partial charge on any atom is 0.408 e. The number of carbonyl (C=O) groups is 2. The molecule has 0 aliphatic carbocycles. The van der Waals surface area contributed by atoms with Crippen molar-refractivity contribution in [3.63, 3.8) is 0 Å². The van der Waals surface area contributed by atoms with Crippen molar-refractivity contribution in [1.29, 1.82) is 0 Å². The molecule has 0 spiro atoms. The van der Waals surface area contributed by atoms with Gasteiger partial charge in [-0.2, -0.15) is 0 Å². The molecule has 0 heterocycles. The summed E-state index contributed by atoms with van der Waals surface area (Å²) >= 11 is 3.35. The number of alkyl carbamates (subject to hydrolysis) is 1. The van der Waals surface area contributed by atoms with Crippen molar-refractivity contribution in [3.8, 4) is 0 Å². The lowest BCUT2D eigenvalue weighted by Gasteiger charge is -2.19. The molecule has 0 saturated carbocycles. The van der Waals surface area contributed by atoms with Crippen molar-refractivity contribution >= 4 is 39.3 Å². The molecule has 2 amide bonds. The molecular weight excluding hydrogens is 410 g/mol. The summed E-state index contributed by atoms with van der Waals surface area (Å²) in [6.45, 7) is 2.17. The fraction of sp³-hybridized carbons (Fsp3) is 0.300. The fourth-order valence-corrected chi connectivity index (χ4v) is 2.80. The number of rotatable bonds is 8. The molecule has 0 bridgehead atoms. The van der Waals surface area contributed by atoms with Crippen LogP contribution in [-0.2, 0) is 16.1 Å². The van der Waals surface area contributed by atoms with Gasteiger partial charge < -0.3 is 21.1 Å². The number of unbranched alkanes of at least 4 members (excludes halogenated alkanes) is 1. The first kappa shape index (κ1) is 20.8. The minimum Gasteiger partial charge on any atom is -0.445 e. The maximum absolute atomic E-state index is 12.6. The number of hydrogen-bond donors (Lipinski definition) is 3. The zero-order valence-electron chi connectivity index (χ0n) is 15.2. The minimum atomic E-state index is -0.702. The minimum absolute atomic E-state index is 0.146. The van der Waals surface area contributed by atoms with Gasteiger partial charge in [-0.1, -0.05) is 66.0 Å².